The molecule has 2 rings (SSSR count). The van der Waals surface area contributed by atoms with E-state index in [1.54, 1.807) is 0 Å². The molecular weight excluding hydrogens is 186 g/mol. The lowest BCUT2D eigenvalue weighted by Crippen LogP contribution is -2.46. The summed E-state index contributed by atoms with van der Waals surface area (Å²) in [6.07, 6.45) is 9.06. The molecule has 1 aliphatic heterocycles. The molecule has 2 nitrogen and oxygen atoms in total. The van der Waals surface area contributed by atoms with Crippen molar-refractivity contribution in [2.75, 3.05) is 13.1 Å². The van der Waals surface area contributed by atoms with Gasteiger partial charge in [0.2, 0.25) is 0 Å². The lowest BCUT2D eigenvalue weighted by Gasteiger charge is -2.40. The Bertz CT molecular complexity index is 187. The highest BCUT2D eigenvalue weighted by Gasteiger charge is 2.28. The second-order valence-corrected chi connectivity index (χ2v) is 5.37. The number of aliphatic hydroxyl groups is 1. The van der Waals surface area contributed by atoms with Gasteiger partial charge in [-0.3, -0.25) is 4.90 Å². The molecule has 0 spiro atoms. The summed E-state index contributed by atoms with van der Waals surface area (Å²) in [6, 6.07) is 0.780. The maximum atomic E-state index is 9.67. The van der Waals surface area contributed by atoms with Gasteiger partial charge in [0.15, 0.2) is 0 Å². The SMILES string of the molecule is CCC1CCC(N2CCCC(O)C2)CC1. The topological polar surface area (TPSA) is 23.5 Å². The van der Waals surface area contributed by atoms with E-state index >= 15 is 0 Å². The predicted molar refractivity (Wildman–Crippen MR) is 62.9 cm³/mol. The molecule has 1 unspecified atom stereocenters. The van der Waals surface area contributed by atoms with Gasteiger partial charge in [-0.05, 0) is 51.0 Å². The van der Waals surface area contributed by atoms with Crippen LogP contribution in [0.15, 0.2) is 0 Å². The van der Waals surface area contributed by atoms with E-state index in [1.165, 1.54) is 45.1 Å². The summed E-state index contributed by atoms with van der Waals surface area (Å²) in [6.45, 7) is 4.47. The average Bonchev–Trinajstić information content (AvgIpc) is 2.29. The molecule has 0 radical (unpaired) electrons. The number of hydrogen-bond donors (Lipinski definition) is 1. The van der Waals surface area contributed by atoms with E-state index in [0.717, 1.165) is 24.9 Å². The zero-order valence-corrected chi connectivity index (χ0v) is 9.99. The number of β-amino-alcohol motifs (C(OH)–C–C–N with tert-alkyl or cyclic N) is 1. The fourth-order valence-corrected chi connectivity index (χ4v) is 3.23. The zero-order valence-electron chi connectivity index (χ0n) is 9.99. The Morgan fingerprint density at radius 1 is 1.13 bits per heavy atom. The number of nitrogens with zero attached hydrogens (tertiary/aromatic N) is 1. The second-order valence-electron chi connectivity index (χ2n) is 5.37. The maximum Gasteiger partial charge on any atom is 0.0667 e. The minimum absolute atomic E-state index is 0.0531. The van der Waals surface area contributed by atoms with Gasteiger partial charge in [-0.2, -0.15) is 0 Å². The second kappa shape index (κ2) is 5.31. The first kappa shape index (κ1) is 11.4. The maximum absolute atomic E-state index is 9.67. The van der Waals surface area contributed by atoms with Crippen LogP contribution in [0.1, 0.15) is 51.9 Å². The van der Waals surface area contributed by atoms with Crippen LogP contribution in [-0.4, -0.2) is 35.2 Å². The molecule has 1 saturated carbocycles. The van der Waals surface area contributed by atoms with E-state index < -0.39 is 0 Å². The lowest BCUT2D eigenvalue weighted by molar-refractivity contribution is 0.0311. The average molecular weight is 211 g/mol. The van der Waals surface area contributed by atoms with Crippen molar-refractivity contribution in [3.63, 3.8) is 0 Å². The molecule has 1 saturated heterocycles. The van der Waals surface area contributed by atoms with Crippen molar-refractivity contribution in [3.8, 4) is 0 Å². The number of likely N-dealkylation sites (tertiary alicyclic amines) is 1. The van der Waals surface area contributed by atoms with Gasteiger partial charge in [0.25, 0.3) is 0 Å². The molecule has 0 aromatic carbocycles. The van der Waals surface area contributed by atoms with Crippen molar-refractivity contribution < 1.29 is 5.11 Å². The third kappa shape index (κ3) is 2.94. The molecule has 88 valence electrons. The highest BCUT2D eigenvalue weighted by atomic mass is 16.3. The van der Waals surface area contributed by atoms with E-state index in [2.05, 4.69) is 11.8 Å². The normalized spacial score (nSPS) is 39.2. The monoisotopic (exact) mass is 211 g/mol. The summed E-state index contributed by atoms with van der Waals surface area (Å²) in [5, 5.41) is 9.67. The first-order chi connectivity index (χ1) is 7.29. The van der Waals surface area contributed by atoms with Gasteiger partial charge in [0.1, 0.15) is 0 Å². The van der Waals surface area contributed by atoms with Gasteiger partial charge in [0, 0.05) is 12.6 Å². The van der Waals surface area contributed by atoms with Crippen LogP contribution in [-0.2, 0) is 0 Å². The van der Waals surface area contributed by atoms with Gasteiger partial charge < -0.3 is 5.11 Å². The van der Waals surface area contributed by atoms with Gasteiger partial charge in [0.05, 0.1) is 6.10 Å². The molecule has 0 amide bonds. The van der Waals surface area contributed by atoms with Crippen molar-refractivity contribution >= 4 is 0 Å². The third-order valence-corrected chi connectivity index (χ3v) is 4.34. The van der Waals surface area contributed by atoms with E-state index in [0.29, 0.717) is 0 Å². The van der Waals surface area contributed by atoms with Crippen LogP contribution < -0.4 is 0 Å². The summed E-state index contributed by atoms with van der Waals surface area (Å²) in [7, 11) is 0. The number of aliphatic hydroxyl groups excluding tert-OH is 1. The Morgan fingerprint density at radius 2 is 1.87 bits per heavy atom. The largest absolute Gasteiger partial charge is 0.392 e. The van der Waals surface area contributed by atoms with E-state index in [1.807, 2.05) is 0 Å². The van der Waals surface area contributed by atoms with E-state index in [-0.39, 0.29) is 6.10 Å². The summed E-state index contributed by atoms with van der Waals surface area (Å²) >= 11 is 0. The van der Waals surface area contributed by atoms with Crippen molar-refractivity contribution in [3.05, 3.63) is 0 Å². The van der Waals surface area contributed by atoms with Crippen molar-refractivity contribution in [1.82, 2.24) is 4.90 Å². The molecule has 1 N–H and O–H groups in total. The number of hydrogen-bond acceptors (Lipinski definition) is 2. The molecule has 2 aliphatic rings. The van der Waals surface area contributed by atoms with Crippen molar-refractivity contribution in [2.45, 2.75) is 64.0 Å². The molecule has 1 aliphatic carbocycles. The Kier molecular flexibility index (Phi) is 4.04. The zero-order chi connectivity index (χ0) is 10.7. The molecule has 0 aromatic heterocycles. The van der Waals surface area contributed by atoms with Crippen LogP contribution in [0.3, 0.4) is 0 Å². The quantitative estimate of drug-likeness (QED) is 0.758. The fraction of sp³-hybridized carbons (Fsp3) is 1.00. The minimum atomic E-state index is -0.0531. The van der Waals surface area contributed by atoms with Gasteiger partial charge in [-0.15, -0.1) is 0 Å². The summed E-state index contributed by atoms with van der Waals surface area (Å²) in [5.41, 5.74) is 0. The Balaban J connectivity index is 1.79. The Labute approximate surface area is 93.7 Å². The minimum Gasteiger partial charge on any atom is -0.392 e. The van der Waals surface area contributed by atoms with E-state index in [9.17, 15) is 5.11 Å². The number of piperidine rings is 1. The van der Waals surface area contributed by atoms with Gasteiger partial charge in [-0.25, -0.2) is 0 Å². The van der Waals surface area contributed by atoms with Crippen molar-refractivity contribution in [2.24, 2.45) is 5.92 Å². The standard InChI is InChI=1S/C13H25NO/c1-2-11-5-7-12(8-6-11)14-9-3-4-13(15)10-14/h11-13,15H,2-10H2,1H3. The lowest BCUT2D eigenvalue weighted by atomic mass is 9.83. The number of rotatable bonds is 2. The first-order valence-electron chi connectivity index (χ1n) is 6.71. The summed E-state index contributed by atoms with van der Waals surface area (Å²) < 4.78 is 0. The van der Waals surface area contributed by atoms with Crippen LogP contribution in [0.4, 0.5) is 0 Å². The molecule has 0 aromatic rings. The molecule has 2 fully saturated rings. The molecular formula is C13H25NO. The highest BCUT2D eigenvalue weighted by Crippen LogP contribution is 2.30. The summed E-state index contributed by atoms with van der Waals surface area (Å²) in [4.78, 5) is 2.54. The van der Waals surface area contributed by atoms with Crippen LogP contribution >= 0.6 is 0 Å². The van der Waals surface area contributed by atoms with Crippen LogP contribution in [0.2, 0.25) is 0 Å². The van der Waals surface area contributed by atoms with Crippen molar-refractivity contribution in [1.29, 1.82) is 0 Å². The molecule has 0 bridgehead atoms. The van der Waals surface area contributed by atoms with Crippen LogP contribution in [0.25, 0.3) is 0 Å². The molecule has 15 heavy (non-hydrogen) atoms. The predicted octanol–water partition coefficient (Wildman–Crippen LogP) is 2.41. The summed E-state index contributed by atoms with van der Waals surface area (Å²) in [5.74, 6) is 0.982. The Hall–Kier alpha value is -0.0800. The van der Waals surface area contributed by atoms with Crippen LogP contribution in [0, 0.1) is 5.92 Å². The third-order valence-electron chi connectivity index (χ3n) is 4.34. The smallest absolute Gasteiger partial charge is 0.0667 e. The van der Waals surface area contributed by atoms with E-state index in [4.69, 9.17) is 0 Å². The van der Waals surface area contributed by atoms with Gasteiger partial charge >= 0.3 is 0 Å². The fourth-order valence-electron chi connectivity index (χ4n) is 3.23. The Morgan fingerprint density at radius 3 is 2.47 bits per heavy atom. The molecule has 1 atom stereocenters. The molecule has 1 heterocycles. The van der Waals surface area contributed by atoms with Gasteiger partial charge in [-0.1, -0.05) is 13.3 Å². The first-order valence-corrected chi connectivity index (χ1v) is 6.71. The molecule has 2 heteroatoms. The van der Waals surface area contributed by atoms with Crippen LogP contribution in [0.5, 0.6) is 0 Å². The highest BCUT2D eigenvalue weighted by molar-refractivity contribution is 4.83.